The van der Waals surface area contributed by atoms with Gasteiger partial charge in [0.05, 0.1) is 11.3 Å². The van der Waals surface area contributed by atoms with E-state index in [-0.39, 0.29) is 12.0 Å². The Morgan fingerprint density at radius 1 is 0.711 bits per heavy atom. The summed E-state index contributed by atoms with van der Waals surface area (Å²) in [7, 11) is 0. The van der Waals surface area contributed by atoms with E-state index in [0.29, 0.717) is 11.4 Å². The first-order chi connectivity index (χ1) is 18.3. The molecule has 2 N–H and O–H groups in total. The van der Waals surface area contributed by atoms with Crippen molar-refractivity contribution in [2.75, 3.05) is 5.32 Å². The van der Waals surface area contributed by atoms with Crippen LogP contribution in [0.25, 0.3) is 10.8 Å². The zero-order valence-corrected chi connectivity index (χ0v) is 20.2. The maximum absolute atomic E-state index is 13.7. The maximum atomic E-state index is 13.7. The van der Waals surface area contributed by atoms with Crippen LogP contribution in [0.5, 0.6) is 0 Å². The van der Waals surface area contributed by atoms with Gasteiger partial charge in [0.1, 0.15) is 5.54 Å². The third-order valence-electron chi connectivity index (χ3n) is 6.43. The number of carbonyl (C=O) groups is 1. The Balaban J connectivity index is 1.60. The lowest BCUT2D eigenvalue weighted by molar-refractivity contribution is -0.137. The van der Waals surface area contributed by atoms with Gasteiger partial charge in [-0.15, -0.1) is 0 Å². The van der Waals surface area contributed by atoms with Gasteiger partial charge in [0.25, 0.3) is 0 Å². The molecule has 0 fully saturated rings. The van der Waals surface area contributed by atoms with Gasteiger partial charge in [-0.3, -0.25) is 4.98 Å². The molecule has 0 saturated heterocycles. The van der Waals surface area contributed by atoms with Crippen LogP contribution in [0.2, 0.25) is 0 Å². The van der Waals surface area contributed by atoms with Crippen LogP contribution in [0.15, 0.2) is 121 Å². The minimum atomic E-state index is -4.55. The molecule has 0 aliphatic rings. The van der Waals surface area contributed by atoms with Crippen molar-refractivity contribution in [2.45, 2.75) is 18.1 Å². The second-order valence-corrected chi connectivity index (χ2v) is 9.00. The van der Waals surface area contributed by atoms with Crippen molar-refractivity contribution in [1.82, 2.24) is 10.3 Å². The molecule has 190 valence electrons. The Kier molecular flexibility index (Phi) is 6.83. The quantitative estimate of drug-likeness (QED) is 0.247. The highest BCUT2D eigenvalue weighted by molar-refractivity contribution is 5.94. The lowest BCUT2D eigenvalue weighted by atomic mass is 9.80. The van der Waals surface area contributed by atoms with Crippen LogP contribution < -0.4 is 10.6 Å². The number of alkyl halides is 3. The second-order valence-electron chi connectivity index (χ2n) is 9.00. The molecule has 2 amide bonds. The third-order valence-corrected chi connectivity index (χ3v) is 6.43. The summed E-state index contributed by atoms with van der Waals surface area (Å²) in [5, 5.41) is 7.84. The molecule has 0 aliphatic heterocycles. The minimum absolute atomic E-state index is 0.178. The summed E-state index contributed by atoms with van der Waals surface area (Å²) in [5.74, 6) is 0. The summed E-state index contributed by atoms with van der Waals surface area (Å²) in [6.45, 7) is 0. The average Bonchev–Trinajstić information content (AvgIpc) is 2.93. The van der Waals surface area contributed by atoms with Crippen LogP contribution in [0, 0.1) is 0 Å². The first kappa shape index (κ1) is 25.0. The Hall–Kier alpha value is -4.65. The highest BCUT2D eigenvalue weighted by Gasteiger charge is 2.40. The zero-order chi connectivity index (χ0) is 26.6. The summed E-state index contributed by atoms with van der Waals surface area (Å²) in [5.41, 5.74) is -0.146. The predicted octanol–water partition coefficient (Wildman–Crippen LogP) is 7.56. The number of carbonyl (C=O) groups excluding carboxylic acids is 1. The fraction of sp³-hybridized carbons (Fsp3) is 0.0968. The van der Waals surface area contributed by atoms with Gasteiger partial charge in [0, 0.05) is 18.3 Å². The molecule has 0 aliphatic carbocycles. The van der Waals surface area contributed by atoms with E-state index in [1.165, 1.54) is 6.07 Å². The number of nitrogens with one attached hydrogen (secondary N) is 2. The van der Waals surface area contributed by atoms with Crippen molar-refractivity contribution in [3.63, 3.8) is 0 Å². The van der Waals surface area contributed by atoms with E-state index in [4.69, 9.17) is 0 Å². The second kappa shape index (κ2) is 10.4. The van der Waals surface area contributed by atoms with E-state index in [0.717, 1.165) is 28.5 Å². The number of benzene rings is 4. The standard InChI is InChI=1S/C31H24F3N3O/c32-31(33,34)26-14-8-13-25(20-26)30(28-15-6-7-18-35-28,21-22-9-2-1-3-10-22)37-29(38)36-27-17-16-23-11-4-5-12-24(23)19-27/h1-20H,21H2,(H2,36,37,38). The molecule has 1 unspecified atom stereocenters. The fourth-order valence-corrected chi connectivity index (χ4v) is 4.62. The fourth-order valence-electron chi connectivity index (χ4n) is 4.62. The smallest absolute Gasteiger partial charge is 0.322 e. The summed E-state index contributed by atoms with van der Waals surface area (Å²) < 4.78 is 41.2. The molecule has 1 aromatic heterocycles. The SMILES string of the molecule is O=C(Nc1ccc2ccccc2c1)NC(Cc1ccccc1)(c1cccc(C(F)(F)F)c1)c1ccccn1. The van der Waals surface area contributed by atoms with Crippen molar-refractivity contribution in [3.8, 4) is 0 Å². The molecular weight excluding hydrogens is 487 g/mol. The normalized spacial score (nSPS) is 13.0. The first-order valence-electron chi connectivity index (χ1n) is 12.0. The number of aromatic nitrogens is 1. The van der Waals surface area contributed by atoms with Crippen molar-refractivity contribution < 1.29 is 18.0 Å². The monoisotopic (exact) mass is 511 g/mol. The van der Waals surface area contributed by atoms with Crippen LogP contribution in [0.1, 0.15) is 22.4 Å². The maximum Gasteiger partial charge on any atom is 0.416 e. The first-order valence-corrected chi connectivity index (χ1v) is 12.0. The van der Waals surface area contributed by atoms with E-state index < -0.39 is 23.3 Å². The van der Waals surface area contributed by atoms with Gasteiger partial charge in [0.2, 0.25) is 0 Å². The number of anilines is 1. The van der Waals surface area contributed by atoms with Gasteiger partial charge < -0.3 is 10.6 Å². The number of fused-ring (bicyclic) bond motifs is 1. The summed E-state index contributed by atoms with van der Waals surface area (Å²) in [6, 6.07) is 32.2. The van der Waals surface area contributed by atoms with Crippen LogP contribution in [0.3, 0.4) is 0 Å². The molecule has 0 spiro atoms. The Morgan fingerprint density at radius 3 is 2.16 bits per heavy atom. The highest BCUT2D eigenvalue weighted by Crippen LogP contribution is 2.37. The van der Waals surface area contributed by atoms with Crippen LogP contribution >= 0.6 is 0 Å². The van der Waals surface area contributed by atoms with Gasteiger partial charge in [-0.25, -0.2) is 4.79 Å². The lowest BCUT2D eigenvalue weighted by Crippen LogP contribution is -2.50. The number of amides is 2. The largest absolute Gasteiger partial charge is 0.416 e. The number of urea groups is 1. The number of nitrogens with zero attached hydrogens (tertiary/aromatic N) is 1. The minimum Gasteiger partial charge on any atom is -0.322 e. The molecule has 4 aromatic carbocycles. The summed E-state index contributed by atoms with van der Waals surface area (Å²) in [4.78, 5) is 18.0. The molecule has 4 nitrogen and oxygen atoms in total. The molecule has 5 rings (SSSR count). The van der Waals surface area contributed by atoms with Gasteiger partial charge in [-0.1, -0.05) is 78.9 Å². The van der Waals surface area contributed by atoms with E-state index in [1.54, 1.807) is 36.5 Å². The number of pyridine rings is 1. The Bertz CT molecular complexity index is 1560. The van der Waals surface area contributed by atoms with Gasteiger partial charge in [0.15, 0.2) is 0 Å². The van der Waals surface area contributed by atoms with Crippen molar-refractivity contribution >= 4 is 22.5 Å². The van der Waals surface area contributed by atoms with Crippen LogP contribution in [-0.2, 0) is 18.1 Å². The van der Waals surface area contributed by atoms with Crippen LogP contribution in [0.4, 0.5) is 23.7 Å². The molecule has 7 heteroatoms. The van der Waals surface area contributed by atoms with Crippen molar-refractivity contribution in [3.05, 3.63) is 144 Å². The van der Waals surface area contributed by atoms with Gasteiger partial charge in [-0.2, -0.15) is 13.2 Å². The molecule has 1 heterocycles. The van der Waals surface area contributed by atoms with Crippen molar-refractivity contribution in [2.24, 2.45) is 0 Å². The molecule has 1 atom stereocenters. The van der Waals surface area contributed by atoms with E-state index in [9.17, 15) is 18.0 Å². The number of halogens is 3. The predicted molar refractivity (Wildman–Crippen MR) is 143 cm³/mol. The molecular formula is C31H24F3N3O. The zero-order valence-electron chi connectivity index (χ0n) is 20.2. The molecule has 0 bridgehead atoms. The number of hydrogen-bond acceptors (Lipinski definition) is 2. The summed E-state index contributed by atoms with van der Waals surface area (Å²) in [6.07, 6.45) is -2.81. The van der Waals surface area contributed by atoms with E-state index in [2.05, 4.69) is 15.6 Å². The van der Waals surface area contributed by atoms with Crippen molar-refractivity contribution in [1.29, 1.82) is 0 Å². The Labute approximate surface area is 218 Å². The molecule has 5 aromatic rings. The van der Waals surface area contributed by atoms with E-state index in [1.807, 2.05) is 66.7 Å². The van der Waals surface area contributed by atoms with Gasteiger partial charge >= 0.3 is 12.2 Å². The van der Waals surface area contributed by atoms with Crippen LogP contribution in [-0.4, -0.2) is 11.0 Å². The average molecular weight is 512 g/mol. The molecule has 0 saturated carbocycles. The lowest BCUT2D eigenvalue weighted by Gasteiger charge is -2.35. The number of rotatable bonds is 6. The highest BCUT2D eigenvalue weighted by atomic mass is 19.4. The molecule has 38 heavy (non-hydrogen) atoms. The van der Waals surface area contributed by atoms with Gasteiger partial charge in [-0.05, 0) is 58.3 Å². The third kappa shape index (κ3) is 5.37. The topological polar surface area (TPSA) is 54.0 Å². The number of hydrogen-bond donors (Lipinski definition) is 2. The summed E-state index contributed by atoms with van der Waals surface area (Å²) >= 11 is 0. The Morgan fingerprint density at radius 2 is 1.42 bits per heavy atom. The molecule has 0 radical (unpaired) electrons. The van der Waals surface area contributed by atoms with E-state index >= 15 is 0 Å².